The van der Waals surface area contributed by atoms with E-state index in [2.05, 4.69) is 36.4 Å². The average Bonchev–Trinajstić information content (AvgIpc) is 2.60. The number of carbonyl (C=O) groups is 1. The van der Waals surface area contributed by atoms with Crippen molar-refractivity contribution in [1.82, 2.24) is 20.3 Å². The summed E-state index contributed by atoms with van der Waals surface area (Å²) < 4.78 is 1.47. The second-order valence-corrected chi connectivity index (χ2v) is 3.98. The highest BCUT2D eigenvalue weighted by Gasteiger charge is 2.17. The number of nitrogens with zero attached hydrogens (tertiary/aromatic N) is 3. The maximum Gasteiger partial charge on any atom is 0.271 e. The average molecular weight is 210 g/mol. The molecular formula is C10H18N4O. The van der Waals surface area contributed by atoms with Gasteiger partial charge in [0.2, 0.25) is 0 Å². The van der Waals surface area contributed by atoms with Gasteiger partial charge < -0.3 is 5.32 Å². The topological polar surface area (TPSA) is 59.8 Å². The molecule has 5 nitrogen and oxygen atoms in total. The van der Waals surface area contributed by atoms with Gasteiger partial charge in [-0.3, -0.25) is 4.79 Å². The first-order chi connectivity index (χ1) is 7.06. The highest BCUT2D eigenvalue weighted by molar-refractivity contribution is 5.92. The second kappa shape index (κ2) is 4.91. The Kier molecular flexibility index (Phi) is 3.82. The minimum absolute atomic E-state index is 0.108. The Morgan fingerprint density at radius 2 is 2.27 bits per heavy atom. The molecule has 1 amide bonds. The van der Waals surface area contributed by atoms with E-state index >= 15 is 0 Å². The first-order valence-corrected chi connectivity index (χ1v) is 5.21. The molecule has 84 valence electrons. The third-order valence-electron chi connectivity index (χ3n) is 2.51. The van der Waals surface area contributed by atoms with Crippen molar-refractivity contribution < 1.29 is 4.79 Å². The third-order valence-corrected chi connectivity index (χ3v) is 2.51. The minimum atomic E-state index is -0.108. The van der Waals surface area contributed by atoms with Crippen LogP contribution in [0.15, 0.2) is 6.20 Å². The fourth-order valence-electron chi connectivity index (χ4n) is 1.48. The lowest BCUT2D eigenvalue weighted by Crippen LogP contribution is -2.38. The Labute approximate surface area is 89.9 Å². The monoisotopic (exact) mass is 210 g/mol. The number of nitrogens with one attached hydrogen (secondary N) is 1. The predicted molar refractivity (Wildman–Crippen MR) is 57.4 cm³/mol. The van der Waals surface area contributed by atoms with E-state index < -0.39 is 0 Å². The summed E-state index contributed by atoms with van der Waals surface area (Å²) in [6, 6.07) is 0.201. The van der Waals surface area contributed by atoms with Crippen LogP contribution in [0.5, 0.6) is 0 Å². The van der Waals surface area contributed by atoms with Gasteiger partial charge in [-0.1, -0.05) is 26.0 Å². The van der Waals surface area contributed by atoms with E-state index in [4.69, 9.17) is 0 Å². The molecule has 0 bridgehead atoms. The number of rotatable bonds is 4. The van der Waals surface area contributed by atoms with Crippen molar-refractivity contribution in [2.45, 2.75) is 33.2 Å². The van der Waals surface area contributed by atoms with Crippen molar-refractivity contribution in [2.24, 2.45) is 13.0 Å². The Hall–Kier alpha value is -1.39. The maximum atomic E-state index is 11.8. The molecular weight excluding hydrogens is 192 g/mol. The van der Waals surface area contributed by atoms with Crippen LogP contribution in [0.25, 0.3) is 0 Å². The van der Waals surface area contributed by atoms with Gasteiger partial charge in [-0.2, -0.15) is 0 Å². The first-order valence-electron chi connectivity index (χ1n) is 5.21. The van der Waals surface area contributed by atoms with Crippen LogP contribution in [0.3, 0.4) is 0 Å². The molecule has 0 fully saturated rings. The zero-order valence-electron chi connectivity index (χ0n) is 9.69. The molecule has 0 aromatic carbocycles. The van der Waals surface area contributed by atoms with Gasteiger partial charge in [-0.15, -0.1) is 5.10 Å². The van der Waals surface area contributed by atoms with Crippen LogP contribution in [-0.4, -0.2) is 26.9 Å². The Bertz CT molecular complexity index is 332. The lowest BCUT2D eigenvalue weighted by molar-refractivity contribution is 0.0915. The van der Waals surface area contributed by atoms with Gasteiger partial charge in [0, 0.05) is 13.1 Å². The summed E-state index contributed by atoms with van der Waals surface area (Å²) in [6.45, 7) is 6.25. The summed E-state index contributed by atoms with van der Waals surface area (Å²) in [5, 5.41) is 10.4. The van der Waals surface area contributed by atoms with E-state index in [1.807, 2.05) is 0 Å². The van der Waals surface area contributed by atoms with Crippen molar-refractivity contribution in [3.8, 4) is 0 Å². The summed E-state index contributed by atoms with van der Waals surface area (Å²) in [4.78, 5) is 11.8. The molecule has 15 heavy (non-hydrogen) atoms. The molecule has 0 aliphatic carbocycles. The second-order valence-electron chi connectivity index (χ2n) is 3.98. The number of hydrogen-bond acceptors (Lipinski definition) is 3. The molecule has 1 aromatic heterocycles. The normalized spacial score (nSPS) is 12.9. The molecule has 0 aliphatic heterocycles. The van der Waals surface area contributed by atoms with Crippen LogP contribution in [0.2, 0.25) is 0 Å². The molecule has 0 spiro atoms. The predicted octanol–water partition coefficient (Wildman–Crippen LogP) is 0.979. The summed E-state index contributed by atoms with van der Waals surface area (Å²) in [7, 11) is 1.71. The van der Waals surface area contributed by atoms with Crippen LogP contribution in [0.4, 0.5) is 0 Å². The Morgan fingerprint density at radius 3 is 2.67 bits per heavy atom. The van der Waals surface area contributed by atoms with Gasteiger partial charge in [0.1, 0.15) is 5.69 Å². The van der Waals surface area contributed by atoms with E-state index in [1.165, 1.54) is 10.9 Å². The highest BCUT2D eigenvalue weighted by atomic mass is 16.2. The van der Waals surface area contributed by atoms with Crippen LogP contribution >= 0.6 is 0 Å². The third kappa shape index (κ3) is 2.78. The number of aryl methyl sites for hydroxylation is 1. The van der Waals surface area contributed by atoms with E-state index in [0.29, 0.717) is 11.6 Å². The van der Waals surface area contributed by atoms with Crippen molar-refractivity contribution in [3.05, 3.63) is 11.9 Å². The van der Waals surface area contributed by atoms with Crippen LogP contribution < -0.4 is 5.32 Å². The molecule has 0 radical (unpaired) electrons. The molecule has 0 saturated carbocycles. The van der Waals surface area contributed by atoms with Gasteiger partial charge in [0.05, 0.1) is 6.20 Å². The van der Waals surface area contributed by atoms with Gasteiger partial charge in [0.15, 0.2) is 0 Å². The van der Waals surface area contributed by atoms with Gasteiger partial charge in [-0.25, -0.2) is 4.68 Å². The van der Waals surface area contributed by atoms with Gasteiger partial charge in [-0.05, 0) is 12.3 Å². The van der Waals surface area contributed by atoms with Crippen LogP contribution in [-0.2, 0) is 7.05 Å². The molecule has 1 N–H and O–H groups in total. The van der Waals surface area contributed by atoms with E-state index in [9.17, 15) is 4.79 Å². The zero-order valence-corrected chi connectivity index (χ0v) is 9.69. The van der Waals surface area contributed by atoms with Crippen molar-refractivity contribution >= 4 is 5.91 Å². The largest absolute Gasteiger partial charge is 0.348 e. The molecule has 1 atom stereocenters. The molecule has 5 heteroatoms. The Morgan fingerprint density at radius 1 is 1.60 bits per heavy atom. The zero-order chi connectivity index (χ0) is 11.4. The Balaban J connectivity index is 2.67. The molecule has 1 heterocycles. The summed E-state index contributed by atoms with van der Waals surface area (Å²) >= 11 is 0. The van der Waals surface area contributed by atoms with Crippen molar-refractivity contribution in [2.75, 3.05) is 0 Å². The lowest BCUT2D eigenvalue weighted by atomic mass is 10.0. The fraction of sp³-hybridized carbons (Fsp3) is 0.700. The number of aromatic nitrogens is 3. The maximum absolute atomic E-state index is 11.8. The first kappa shape index (κ1) is 11.7. The lowest BCUT2D eigenvalue weighted by Gasteiger charge is -2.20. The fourth-order valence-corrected chi connectivity index (χ4v) is 1.48. The summed E-state index contributed by atoms with van der Waals surface area (Å²) in [5.41, 5.74) is 0.495. The standard InChI is InChI=1S/C10H18N4O/c1-5-8(7(2)3)12-10(15)9-6-11-13-14(9)4/h6-8H,5H2,1-4H3,(H,12,15)/t8-/m0/s1. The smallest absolute Gasteiger partial charge is 0.271 e. The van der Waals surface area contributed by atoms with Crippen molar-refractivity contribution in [3.63, 3.8) is 0 Å². The van der Waals surface area contributed by atoms with E-state index in [0.717, 1.165) is 6.42 Å². The SMILES string of the molecule is CC[C@H](NC(=O)c1cnnn1C)C(C)C. The molecule has 0 aliphatic rings. The highest BCUT2D eigenvalue weighted by Crippen LogP contribution is 2.06. The number of hydrogen-bond donors (Lipinski definition) is 1. The summed E-state index contributed by atoms with van der Waals surface area (Å²) in [6.07, 6.45) is 2.40. The summed E-state index contributed by atoms with van der Waals surface area (Å²) in [5.74, 6) is 0.322. The number of amides is 1. The quantitative estimate of drug-likeness (QED) is 0.805. The van der Waals surface area contributed by atoms with Crippen molar-refractivity contribution in [1.29, 1.82) is 0 Å². The van der Waals surface area contributed by atoms with Crippen LogP contribution in [0, 0.1) is 5.92 Å². The molecule has 1 aromatic rings. The molecule has 1 rings (SSSR count). The molecule has 0 saturated heterocycles. The number of carbonyl (C=O) groups excluding carboxylic acids is 1. The van der Waals surface area contributed by atoms with E-state index in [-0.39, 0.29) is 11.9 Å². The van der Waals surface area contributed by atoms with Gasteiger partial charge >= 0.3 is 0 Å². The molecule has 0 unspecified atom stereocenters. The van der Waals surface area contributed by atoms with E-state index in [1.54, 1.807) is 7.05 Å². The van der Waals surface area contributed by atoms with Crippen LogP contribution in [0.1, 0.15) is 37.7 Å². The van der Waals surface area contributed by atoms with Gasteiger partial charge in [0.25, 0.3) is 5.91 Å². The minimum Gasteiger partial charge on any atom is -0.348 e.